The van der Waals surface area contributed by atoms with Gasteiger partial charge in [0.15, 0.2) is 16.7 Å². The van der Waals surface area contributed by atoms with E-state index in [9.17, 15) is 4.39 Å². The van der Waals surface area contributed by atoms with Gasteiger partial charge in [0, 0.05) is 36.5 Å². The van der Waals surface area contributed by atoms with Crippen molar-refractivity contribution in [2.45, 2.75) is 6.42 Å². The summed E-state index contributed by atoms with van der Waals surface area (Å²) < 4.78 is 16.0. The molecule has 0 aliphatic rings. The van der Waals surface area contributed by atoms with Gasteiger partial charge < -0.3 is 4.98 Å². The Morgan fingerprint density at radius 3 is 3.00 bits per heavy atom. The number of hydrogen-bond donors (Lipinski definition) is 1. The first-order valence-corrected chi connectivity index (χ1v) is 8.33. The zero-order valence-corrected chi connectivity index (χ0v) is 13.5. The second kappa shape index (κ2) is 5.42. The summed E-state index contributed by atoms with van der Waals surface area (Å²) in [6.07, 6.45) is 5.34. The van der Waals surface area contributed by atoms with E-state index in [1.54, 1.807) is 29.2 Å². The van der Waals surface area contributed by atoms with Crippen LogP contribution in [0.2, 0.25) is 0 Å². The molecule has 0 spiro atoms. The number of imidazole rings is 1. The average molecular weight is 351 g/mol. The normalized spacial score (nSPS) is 11.6. The number of nitrogens with zero attached hydrogens (tertiary/aromatic N) is 6. The molecule has 0 atom stereocenters. The van der Waals surface area contributed by atoms with Crippen LogP contribution in [0.15, 0.2) is 42.9 Å². The van der Waals surface area contributed by atoms with Gasteiger partial charge in [0.2, 0.25) is 4.96 Å². The molecule has 0 aliphatic heterocycles. The van der Waals surface area contributed by atoms with Crippen LogP contribution in [0.4, 0.5) is 4.39 Å². The third kappa shape index (κ3) is 2.36. The van der Waals surface area contributed by atoms with Crippen LogP contribution >= 0.6 is 11.3 Å². The van der Waals surface area contributed by atoms with Crippen LogP contribution < -0.4 is 0 Å². The van der Waals surface area contributed by atoms with Gasteiger partial charge >= 0.3 is 0 Å². The van der Waals surface area contributed by atoms with Gasteiger partial charge in [-0.2, -0.15) is 4.52 Å². The Labute approximate surface area is 144 Å². The fourth-order valence-electron chi connectivity index (χ4n) is 2.69. The highest BCUT2D eigenvalue weighted by atomic mass is 32.1. The van der Waals surface area contributed by atoms with Crippen LogP contribution in [-0.2, 0) is 6.42 Å². The quantitative estimate of drug-likeness (QED) is 0.540. The summed E-state index contributed by atoms with van der Waals surface area (Å²) in [6.45, 7) is 0. The van der Waals surface area contributed by atoms with Crippen LogP contribution in [0.5, 0.6) is 0 Å². The Morgan fingerprint density at radius 1 is 1.16 bits per heavy atom. The molecule has 5 aromatic rings. The lowest BCUT2D eigenvalue weighted by Gasteiger charge is -2.04. The molecule has 0 bridgehead atoms. The summed E-state index contributed by atoms with van der Waals surface area (Å²) in [7, 11) is 0. The van der Waals surface area contributed by atoms with Crippen LogP contribution in [0.25, 0.3) is 26.7 Å². The first-order chi connectivity index (χ1) is 12.3. The standard InChI is InChI=1S/C16H10FN7S/c17-11-8-12-9(2-1-3-18-12)6-10(11)7-13-21-22-16-24(13)23-15(25-16)14-19-4-5-20-14/h1-6,8H,7H2,(H,19,20). The molecule has 0 amide bonds. The van der Waals surface area contributed by atoms with Crippen molar-refractivity contribution in [2.75, 3.05) is 0 Å². The zero-order chi connectivity index (χ0) is 16.8. The molecule has 9 heteroatoms. The van der Waals surface area contributed by atoms with Crippen molar-refractivity contribution in [3.8, 4) is 10.8 Å². The zero-order valence-electron chi connectivity index (χ0n) is 12.7. The molecule has 1 N–H and O–H groups in total. The van der Waals surface area contributed by atoms with Crippen LogP contribution in [0, 0.1) is 5.82 Å². The number of pyridine rings is 1. The Morgan fingerprint density at radius 2 is 2.12 bits per heavy atom. The smallest absolute Gasteiger partial charge is 0.235 e. The number of aromatic nitrogens is 7. The van der Waals surface area contributed by atoms with E-state index in [0.717, 1.165) is 5.39 Å². The van der Waals surface area contributed by atoms with E-state index in [-0.39, 0.29) is 5.82 Å². The van der Waals surface area contributed by atoms with E-state index in [0.29, 0.717) is 39.1 Å². The first kappa shape index (κ1) is 14.2. The molecule has 0 fully saturated rings. The van der Waals surface area contributed by atoms with E-state index < -0.39 is 0 Å². The van der Waals surface area contributed by atoms with E-state index in [4.69, 9.17) is 0 Å². The van der Waals surface area contributed by atoms with Crippen LogP contribution in [-0.4, -0.2) is 34.8 Å². The molecular formula is C16H10FN7S. The SMILES string of the molecule is Fc1cc2ncccc2cc1Cc1nnc2sc(-c3ncc[nH]3)nn12. The van der Waals surface area contributed by atoms with Gasteiger partial charge in [0.05, 0.1) is 5.52 Å². The van der Waals surface area contributed by atoms with Gasteiger partial charge in [-0.25, -0.2) is 9.37 Å². The highest BCUT2D eigenvalue weighted by Crippen LogP contribution is 2.24. The Bertz CT molecular complexity index is 1190. The third-order valence-corrected chi connectivity index (χ3v) is 4.78. The van der Waals surface area contributed by atoms with E-state index in [1.807, 2.05) is 12.1 Å². The predicted molar refractivity (Wildman–Crippen MR) is 90.7 cm³/mol. The highest BCUT2D eigenvalue weighted by Gasteiger charge is 2.16. The number of benzene rings is 1. The molecule has 0 saturated heterocycles. The predicted octanol–water partition coefficient (Wildman–Crippen LogP) is 2.85. The molecule has 0 radical (unpaired) electrons. The number of hydrogen-bond acceptors (Lipinski definition) is 6. The molecular weight excluding hydrogens is 341 g/mol. The molecule has 0 saturated carbocycles. The molecule has 25 heavy (non-hydrogen) atoms. The second-order valence-corrected chi connectivity index (χ2v) is 6.43. The minimum atomic E-state index is -0.315. The fraction of sp³-hybridized carbons (Fsp3) is 0.0625. The van der Waals surface area contributed by atoms with Crippen molar-refractivity contribution in [3.05, 3.63) is 60.1 Å². The van der Waals surface area contributed by atoms with Crippen molar-refractivity contribution >= 4 is 27.2 Å². The maximum Gasteiger partial charge on any atom is 0.235 e. The largest absolute Gasteiger partial charge is 0.343 e. The van der Waals surface area contributed by atoms with E-state index in [2.05, 4.69) is 30.2 Å². The average Bonchev–Trinajstić information content (AvgIpc) is 3.33. The summed E-state index contributed by atoms with van der Waals surface area (Å²) in [6, 6.07) is 6.97. The summed E-state index contributed by atoms with van der Waals surface area (Å²) in [5.74, 6) is 0.931. The van der Waals surface area contributed by atoms with Crippen molar-refractivity contribution in [2.24, 2.45) is 0 Å². The minimum absolute atomic E-state index is 0.291. The van der Waals surface area contributed by atoms with Gasteiger partial charge in [0.1, 0.15) is 5.82 Å². The second-order valence-electron chi connectivity index (χ2n) is 5.47. The molecule has 5 rings (SSSR count). The third-order valence-electron chi connectivity index (χ3n) is 3.88. The van der Waals surface area contributed by atoms with Gasteiger partial charge in [-0.15, -0.1) is 15.3 Å². The minimum Gasteiger partial charge on any atom is -0.343 e. The number of H-pyrrole nitrogens is 1. The molecule has 7 nitrogen and oxygen atoms in total. The molecule has 4 heterocycles. The monoisotopic (exact) mass is 351 g/mol. The summed E-state index contributed by atoms with van der Waals surface area (Å²) in [5.41, 5.74) is 1.16. The Hall–Kier alpha value is -3.20. The van der Waals surface area contributed by atoms with E-state index >= 15 is 0 Å². The summed E-state index contributed by atoms with van der Waals surface area (Å²) in [4.78, 5) is 12.0. The number of nitrogens with one attached hydrogen (secondary N) is 1. The summed E-state index contributed by atoms with van der Waals surface area (Å²) >= 11 is 1.37. The Balaban J connectivity index is 1.57. The summed E-state index contributed by atoms with van der Waals surface area (Å²) in [5, 5.41) is 14.3. The lowest BCUT2D eigenvalue weighted by atomic mass is 10.1. The lowest BCUT2D eigenvalue weighted by Crippen LogP contribution is -2.00. The fourth-order valence-corrected chi connectivity index (χ4v) is 3.51. The number of halogens is 1. The Kier molecular flexibility index (Phi) is 3.07. The molecule has 4 aromatic heterocycles. The van der Waals surface area contributed by atoms with Crippen molar-refractivity contribution in [1.82, 2.24) is 34.8 Å². The van der Waals surface area contributed by atoms with Crippen LogP contribution in [0.1, 0.15) is 11.4 Å². The molecule has 1 aromatic carbocycles. The molecule has 0 unspecified atom stereocenters. The number of rotatable bonds is 3. The number of fused-ring (bicyclic) bond motifs is 2. The first-order valence-electron chi connectivity index (χ1n) is 7.52. The van der Waals surface area contributed by atoms with Crippen molar-refractivity contribution < 1.29 is 4.39 Å². The topological polar surface area (TPSA) is 84.6 Å². The maximum atomic E-state index is 14.4. The number of aromatic amines is 1. The molecule has 122 valence electrons. The van der Waals surface area contributed by atoms with Crippen molar-refractivity contribution in [3.63, 3.8) is 0 Å². The van der Waals surface area contributed by atoms with Gasteiger partial charge in [-0.05, 0) is 17.7 Å². The molecule has 0 aliphatic carbocycles. The maximum absolute atomic E-state index is 14.4. The lowest BCUT2D eigenvalue weighted by molar-refractivity contribution is 0.612. The van der Waals surface area contributed by atoms with E-state index in [1.165, 1.54) is 17.4 Å². The highest BCUT2D eigenvalue weighted by molar-refractivity contribution is 7.19. The van der Waals surface area contributed by atoms with Crippen LogP contribution in [0.3, 0.4) is 0 Å². The van der Waals surface area contributed by atoms with Gasteiger partial charge in [-0.1, -0.05) is 17.4 Å². The van der Waals surface area contributed by atoms with Crippen molar-refractivity contribution in [1.29, 1.82) is 0 Å². The van der Waals surface area contributed by atoms with Gasteiger partial charge in [0.25, 0.3) is 0 Å². The van der Waals surface area contributed by atoms with Gasteiger partial charge in [-0.3, -0.25) is 4.98 Å².